The van der Waals surface area contributed by atoms with Crippen molar-refractivity contribution < 1.29 is 19.5 Å². The van der Waals surface area contributed by atoms with Gasteiger partial charge in [-0.05, 0) is 5.56 Å². The molecule has 1 aliphatic rings. The molecule has 0 unspecified atom stereocenters. The number of piperazine rings is 1. The smallest absolute Gasteiger partial charge is 0.324 e. The summed E-state index contributed by atoms with van der Waals surface area (Å²) in [6.07, 6.45) is 0.158. The number of nitrogens with one attached hydrogen (secondary N) is 1. The molecule has 118 valence electrons. The molecule has 1 aromatic carbocycles. The summed E-state index contributed by atoms with van der Waals surface area (Å²) < 4.78 is 0. The molecular weight excluding hydrogens is 286 g/mol. The molecule has 3 amide bonds. The van der Waals surface area contributed by atoms with E-state index in [0.29, 0.717) is 26.2 Å². The first-order valence-electron chi connectivity index (χ1n) is 7.11. The topological polar surface area (TPSA) is 89.9 Å². The summed E-state index contributed by atoms with van der Waals surface area (Å²) >= 11 is 0. The number of hydrogen-bond acceptors (Lipinski definition) is 4. The lowest BCUT2D eigenvalue weighted by atomic mass is 10.1. The van der Waals surface area contributed by atoms with E-state index >= 15 is 0 Å². The molecule has 0 spiro atoms. The highest BCUT2D eigenvalue weighted by molar-refractivity contribution is 5.95. The third-order valence-corrected chi connectivity index (χ3v) is 3.47. The van der Waals surface area contributed by atoms with Gasteiger partial charge in [0.15, 0.2) is 0 Å². The standard InChI is InChI=1S/C15H19N3O4/c19-13(10-12-4-2-1-3-5-12)16-15(22)18-8-6-17(7-9-18)11-14(20)21/h1-5H,6-11H2,(H,20,21)(H,16,19,22). The van der Waals surface area contributed by atoms with Crippen molar-refractivity contribution in [2.24, 2.45) is 0 Å². The van der Waals surface area contributed by atoms with E-state index in [0.717, 1.165) is 5.56 Å². The molecule has 0 radical (unpaired) electrons. The molecule has 22 heavy (non-hydrogen) atoms. The summed E-state index contributed by atoms with van der Waals surface area (Å²) in [5.41, 5.74) is 0.846. The van der Waals surface area contributed by atoms with Crippen LogP contribution in [0.1, 0.15) is 5.56 Å². The van der Waals surface area contributed by atoms with Gasteiger partial charge >= 0.3 is 12.0 Å². The Morgan fingerprint density at radius 1 is 1.05 bits per heavy atom. The molecular formula is C15H19N3O4. The molecule has 2 N–H and O–H groups in total. The Bertz CT molecular complexity index is 539. The second-order valence-electron chi connectivity index (χ2n) is 5.17. The van der Waals surface area contributed by atoms with Gasteiger partial charge in [0.05, 0.1) is 13.0 Å². The molecule has 1 aliphatic heterocycles. The summed E-state index contributed by atoms with van der Waals surface area (Å²) in [6, 6.07) is 8.78. The summed E-state index contributed by atoms with van der Waals surface area (Å²) in [5, 5.41) is 11.1. The monoisotopic (exact) mass is 305 g/mol. The van der Waals surface area contributed by atoms with Crippen LogP contribution in [-0.2, 0) is 16.0 Å². The zero-order chi connectivity index (χ0) is 15.9. The van der Waals surface area contributed by atoms with Crippen LogP contribution in [0.15, 0.2) is 30.3 Å². The van der Waals surface area contributed by atoms with E-state index in [9.17, 15) is 14.4 Å². The predicted molar refractivity (Wildman–Crippen MR) is 79.3 cm³/mol. The van der Waals surface area contributed by atoms with Crippen molar-refractivity contribution in [2.45, 2.75) is 6.42 Å². The van der Waals surface area contributed by atoms with Crippen molar-refractivity contribution in [3.8, 4) is 0 Å². The van der Waals surface area contributed by atoms with Gasteiger partial charge in [-0.2, -0.15) is 0 Å². The van der Waals surface area contributed by atoms with E-state index in [1.165, 1.54) is 4.90 Å². The second kappa shape index (κ2) is 7.56. The number of nitrogens with zero attached hydrogens (tertiary/aromatic N) is 2. The minimum atomic E-state index is -0.879. The molecule has 1 aromatic rings. The Kier molecular flexibility index (Phi) is 5.48. The van der Waals surface area contributed by atoms with Crippen molar-refractivity contribution in [2.75, 3.05) is 32.7 Å². The lowest BCUT2D eigenvalue weighted by molar-refractivity contribution is -0.138. The molecule has 1 saturated heterocycles. The van der Waals surface area contributed by atoms with Gasteiger partial charge < -0.3 is 10.0 Å². The van der Waals surface area contributed by atoms with Crippen LogP contribution in [0.2, 0.25) is 0 Å². The van der Waals surface area contributed by atoms with Crippen LogP contribution in [-0.4, -0.2) is 65.5 Å². The lowest BCUT2D eigenvalue weighted by Gasteiger charge is -2.33. The van der Waals surface area contributed by atoms with Gasteiger partial charge in [0.25, 0.3) is 0 Å². The Morgan fingerprint density at radius 3 is 2.27 bits per heavy atom. The van der Waals surface area contributed by atoms with Crippen LogP contribution in [0, 0.1) is 0 Å². The first-order chi connectivity index (χ1) is 10.5. The normalized spacial score (nSPS) is 15.4. The van der Waals surface area contributed by atoms with Crippen molar-refractivity contribution >= 4 is 17.9 Å². The fourth-order valence-electron chi connectivity index (χ4n) is 2.32. The Hall–Kier alpha value is -2.41. The second-order valence-corrected chi connectivity index (χ2v) is 5.17. The molecule has 1 fully saturated rings. The van der Waals surface area contributed by atoms with Crippen LogP contribution in [0.25, 0.3) is 0 Å². The van der Waals surface area contributed by atoms with Gasteiger partial charge in [-0.25, -0.2) is 4.79 Å². The van der Waals surface area contributed by atoms with E-state index in [1.54, 1.807) is 4.90 Å². The SMILES string of the molecule is O=C(O)CN1CCN(C(=O)NC(=O)Cc2ccccc2)CC1. The lowest BCUT2D eigenvalue weighted by Crippen LogP contribution is -2.53. The highest BCUT2D eigenvalue weighted by Crippen LogP contribution is 2.03. The maximum atomic E-state index is 12.0. The number of imide groups is 1. The van der Waals surface area contributed by atoms with Gasteiger partial charge in [0.2, 0.25) is 5.91 Å². The van der Waals surface area contributed by atoms with Crippen molar-refractivity contribution in [1.29, 1.82) is 0 Å². The van der Waals surface area contributed by atoms with Crippen LogP contribution in [0.3, 0.4) is 0 Å². The molecule has 0 aliphatic carbocycles. The van der Waals surface area contributed by atoms with Crippen molar-refractivity contribution in [3.63, 3.8) is 0 Å². The fraction of sp³-hybridized carbons (Fsp3) is 0.400. The van der Waals surface area contributed by atoms with E-state index in [-0.39, 0.29) is 18.9 Å². The number of carbonyl (C=O) groups excluding carboxylic acids is 2. The zero-order valence-corrected chi connectivity index (χ0v) is 12.2. The number of urea groups is 1. The van der Waals surface area contributed by atoms with Crippen molar-refractivity contribution in [3.05, 3.63) is 35.9 Å². The summed E-state index contributed by atoms with van der Waals surface area (Å²) in [4.78, 5) is 37.7. The average Bonchev–Trinajstić information content (AvgIpc) is 2.48. The molecule has 0 aromatic heterocycles. The van der Waals surface area contributed by atoms with Gasteiger partial charge in [0.1, 0.15) is 0 Å². The average molecular weight is 305 g/mol. The maximum Gasteiger partial charge on any atom is 0.324 e. The number of carbonyl (C=O) groups is 3. The van der Waals surface area contributed by atoms with Gasteiger partial charge in [-0.3, -0.25) is 19.8 Å². The molecule has 0 saturated carbocycles. The minimum Gasteiger partial charge on any atom is -0.480 e. The molecule has 1 heterocycles. The van der Waals surface area contributed by atoms with Crippen molar-refractivity contribution in [1.82, 2.24) is 15.1 Å². The number of amides is 3. The first-order valence-corrected chi connectivity index (χ1v) is 7.11. The van der Waals surface area contributed by atoms with E-state index in [4.69, 9.17) is 5.11 Å². The Balaban J connectivity index is 1.76. The molecule has 7 heteroatoms. The quantitative estimate of drug-likeness (QED) is 0.827. The minimum absolute atomic E-state index is 0.0254. The summed E-state index contributed by atoms with van der Waals surface area (Å²) in [6.45, 7) is 1.79. The number of hydrogen-bond donors (Lipinski definition) is 2. The molecule has 2 rings (SSSR count). The highest BCUT2D eigenvalue weighted by Gasteiger charge is 2.23. The number of rotatable bonds is 4. The number of carboxylic acid groups (broad SMARTS) is 1. The molecule has 0 atom stereocenters. The van der Waals surface area contributed by atoms with Crippen LogP contribution < -0.4 is 5.32 Å². The third-order valence-electron chi connectivity index (χ3n) is 3.47. The van der Waals surface area contributed by atoms with Crippen LogP contribution >= 0.6 is 0 Å². The van der Waals surface area contributed by atoms with E-state index < -0.39 is 12.0 Å². The van der Waals surface area contributed by atoms with Crippen LogP contribution in [0.4, 0.5) is 4.79 Å². The van der Waals surface area contributed by atoms with Crippen LogP contribution in [0.5, 0.6) is 0 Å². The molecule has 7 nitrogen and oxygen atoms in total. The number of benzene rings is 1. The maximum absolute atomic E-state index is 12.0. The molecule has 0 bridgehead atoms. The largest absolute Gasteiger partial charge is 0.480 e. The first kappa shape index (κ1) is 16.0. The van der Waals surface area contributed by atoms with Gasteiger partial charge in [0, 0.05) is 26.2 Å². The van der Waals surface area contributed by atoms with E-state index in [2.05, 4.69) is 5.32 Å². The summed E-state index contributed by atoms with van der Waals surface area (Å²) in [5.74, 6) is -1.22. The number of carboxylic acids is 1. The Morgan fingerprint density at radius 2 is 1.68 bits per heavy atom. The predicted octanol–water partition coefficient (Wildman–Crippen LogP) is 0.168. The highest BCUT2D eigenvalue weighted by atomic mass is 16.4. The number of aliphatic carboxylic acids is 1. The van der Waals surface area contributed by atoms with E-state index in [1.807, 2.05) is 30.3 Å². The Labute approximate surface area is 128 Å². The fourth-order valence-corrected chi connectivity index (χ4v) is 2.32. The third kappa shape index (κ3) is 4.85. The van der Waals surface area contributed by atoms with Gasteiger partial charge in [-0.1, -0.05) is 30.3 Å². The van der Waals surface area contributed by atoms with Gasteiger partial charge in [-0.15, -0.1) is 0 Å². The summed E-state index contributed by atoms with van der Waals surface area (Å²) in [7, 11) is 0. The zero-order valence-electron chi connectivity index (χ0n) is 12.2.